The average molecular weight is 382 g/mol. The van der Waals surface area contributed by atoms with Gasteiger partial charge in [-0.2, -0.15) is 0 Å². The minimum Gasteiger partial charge on any atom is -0.497 e. The molecule has 6 nitrogen and oxygen atoms in total. The summed E-state index contributed by atoms with van der Waals surface area (Å²) in [6, 6.07) is 8.08. The Balaban J connectivity index is 1.71. The van der Waals surface area contributed by atoms with Gasteiger partial charge in [0.1, 0.15) is 22.7 Å². The largest absolute Gasteiger partial charge is 0.497 e. The molecule has 1 amide bonds. The molecule has 1 saturated carbocycles. The van der Waals surface area contributed by atoms with E-state index in [0.29, 0.717) is 0 Å². The van der Waals surface area contributed by atoms with Gasteiger partial charge < -0.3 is 15.4 Å². The summed E-state index contributed by atoms with van der Waals surface area (Å²) in [6.07, 6.45) is 4.49. The second kappa shape index (κ2) is 7.52. The van der Waals surface area contributed by atoms with E-state index in [9.17, 15) is 4.79 Å². The van der Waals surface area contributed by atoms with E-state index in [-0.39, 0.29) is 17.9 Å². The van der Waals surface area contributed by atoms with Crippen molar-refractivity contribution in [2.45, 2.75) is 25.3 Å². The lowest BCUT2D eigenvalue weighted by atomic mass is 10.0. The van der Waals surface area contributed by atoms with Gasteiger partial charge in [-0.1, -0.05) is 18.6 Å². The smallest absolute Gasteiger partial charge is 0.224 e. The molecule has 27 heavy (non-hydrogen) atoms. The minimum absolute atomic E-state index is 0.0249. The fourth-order valence-corrected chi connectivity index (χ4v) is 4.69. The maximum Gasteiger partial charge on any atom is 0.224 e. The number of ether oxygens (including phenoxy) is 1. The Morgan fingerprint density at radius 2 is 2.04 bits per heavy atom. The monoisotopic (exact) mass is 382 g/mol. The molecule has 1 aromatic carbocycles. The number of aromatic nitrogens is 2. The van der Waals surface area contributed by atoms with Crippen molar-refractivity contribution in [3.63, 3.8) is 0 Å². The third kappa shape index (κ3) is 3.35. The van der Waals surface area contributed by atoms with Crippen LogP contribution in [0.5, 0.6) is 5.75 Å². The maximum atomic E-state index is 12.2. The Hall–Kier alpha value is -2.67. The molecule has 1 aliphatic rings. The third-order valence-corrected chi connectivity index (χ3v) is 6.08. The van der Waals surface area contributed by atoms with Crippen molar-refractivity contribution < 1.29 is 9.53 Å². The van der Waals surface area contributed by atoms with Crippen LogP contribution in [0.1, 0.15) is 19.3 Å². The van der Waals surface area contributed by atoms with Gasteiger partial charge in [0.2, 0.25) is 5.91 Å². The van der Waals surface area contributed by atoms with Gasteiger partial charge in [-0.05, 0) is 30.5 Å². The van der Waals surface area contributed by atoms with Crippen LogP contribution in [-0.2, 0) is 4.79 Å². The fraction of sp³-hybridized carbons (Fsp3) is 0.350. The highest BCUT2D eigenvalue weighted by molar-refractivity contribution is 7.17. The number of hydrogen-bond acceptors (Lipinski definition) is 6. The third-order valence-electron chi connectivity index (χ3n) is 5.19. The summed E-state index contributed by atoms with van der Waals surface area (Å²) >= 11 is 1.60. The number of fused-ring (bicyclic) bond motifs is 1. The lowest BCUT2D eigenvalue weighted by molar-refractivity contribution is -0.124. The number of benzene rings is 1. The first-order chi connectivity index (χ1) is 13.2. The quantitative estimate of drug-likeness (QED) is 0.704. The molecule has 0 saturated heterocycles. The summed E-state index contributed by atoms with van der Waals surface area (Å²) in [4.78, 5) is 22.1. The van der Waals surface area contributed by atoms with Crippen LogP contribution in [0, 0.1) is 5.92 Å². The number of carbonyl (C=O) groups is 1. The van der Waals surface area contributed by atoms with Gasteiger partial charge in [-0.3, -0.25) is 4.79 Å². The van der Waals surface area contributed by atoms with Crippen LogP contribution in [0.3, 0.4) is 0 Å². The Bertz CT molecular complexity index is 954. The first-order valence-electron chi connectivity index (χ1n) is 9.06. The second-order valence-electron chi connectivity index (χ2n) is 6.68. The number of methoxy groups -OCH3 is 1. The van der Waals surface area contributed by atoms with E-state index in [4.69, 9.17) is 4.74 Å². The topological polar surface area (TPSA) is 76.1 Å². The summed E-state index contributed by atoms with van der Waals surface area (Å²) < 4.78 is 5.26. The molecule has 0 radical (unpaired) electrons. The van der Waals surface area contributed by atoms with Gasteiger partial charge in [0.05, 0.1) is 18.4 Å². The zero-order valence-corrected chi connectivity index (χ0v) is 16.2. The van der Waals surface area contributed by atoms with Crippen LogP contribution in [0.4, 0.5) is 5.82 Å². The van der Waals surface area contributed by atoms with Crippen LogP contribution in [-0.4, -0.2) is 36.1 Å². The van der Waals surface area contributed by atoms with E-state index >= 15 is 0 Å². The van der Waals surface area contributed by atoms with Crippen molar-refractivity contribution in [1.82, 2.24) is 15.3 Å². The molecule has 0 aliphatic heterocycles. The van der Waals surface area contributed by atoms with Crippen molar-refractivity contribution >= 4 is 33.3 Å². The van der Waals surface area contributed by atoms with Gasteiger partial charge >= 0.3 is 0 Å². The number of thiophene rings is 1. The molecule has 1 aliphatic carbocycles. The number of nitrogens with zero attached hydrogens (tertiary/aromatic N) is 2. The number of carbonyl (C=O) groups excluding carboxylic acids is 1. The van der Waals surface area contributed by atoms with Crippen molar-refractivity contribution in [3.8, 4) is 16.9 Å². The highest BCUT2D eigenvalue weighted by atomic mass is 32.1. The summed E-state index contributed by atoms with van der Waals surface area (Å²) in [5, 5.41) is 9.44. The predicted molar refractivity (Wildman–Crippen MR) is 108 cm³/mol. The number of hydrogen-bond donors (Lipinski definition) is 2. The fourth-order valence-electron chi connectivity index (χ4n) is 3.78. The van der Waals surface area contributed by atoms with Crippen LogP contribution < -0.4 is 15.4 Å². The Morgan fingerprint density at radius 1 is 1.22 bits per heavy atom. The van der Waals surface area contributed by atoms with Crippen molar-refractivity contribution in [3.05, 3.63) is 36.0 Å². The maximum absolute atomic E-state index is 12.2. The Kier molecular flexibility index (Phi) is 4.94. The molecule has 3 aromatic rings. The zero-order chi connectivity index (χ0) is 18.8. The standard InChI is InChI=1S/C20H22N4O2S/c1-21-19(25)14-4-3-5-16(14)24-18-17-15(10-27-20(17)23-11-22-18)12-6-8-13(26-2)9-7-12/h6-11,14,16H,3-5H2,1-2H3,(H,21,25)(H,22,23,24). The van der Waals surface area contributed by atoms with Gasteiger partial charge in [0, 0.05) is 24.0 Å². The van der Waals surface area contributed by atoms with E-state index in [1.54, 1.807) is 31.8 Å². The second-order valence-corrected chi connectivity index (χ2v) is 7.54. The molecule has 4 rings (SSSR count). The first kappa shape index (κ1) is 17.7. The molecule has 7 heteroatoms. The van der Waals surface area contributed by atoms with E-state index in [1.807, 2.05) is 24.3 Å². The summed E-state index contributed by atoms with van der Waals surface area (Å²) in [5.41, 5.74) is 2.18. The molecule has 2 aromatic heterocycles. The number of anilines is 1. The van der Waals surface area contributed by atoms with E-state index in [1.165, 1.54) is 0 Å². The SMILES string of the molecule is CNC(=O)C1CCCC1Nc1ncnc2scc(-c3ccc(OC)cc3)c12. The molecule has 0 bridgehead atoms. The molecule has 140 valence electrons. The Morgan fingerprint density at radius 3 is 2.78 bits per heavy atom. The lowest BCUT2D eigenvalue weighted by Crippen LogP contribution is -2.36. The molecule has 1 fully saturated rings. The predicted octanol–water partition coefficient (Wildman–Crippen LogP) is 3.69. The van der Waals surface area contributed by atoms with Crippen molar-refractivity contribution in [2.75, 3.05) is 19.5 Å². The Labute approximate surface area is 162 Å². The normalized spacial score (nSPS) is 19.2. The van der Waals surface area contributed by atoms with Crippen molar-refractivity contribution in [1.29, 1.82) is 0 Å². The van der Waals surface area contributed by atoms with Crippen LogP contribution >= 0.6 is 11.3 Å². The molecule has 2 unspecified atom stereocenters. The molecule has 2 heterocycles. The van der Waals surface area contributed by atoms with Gasteiger partial charge in [-0.25, -0.2) is 9.97 Å². The van der Waals surface area contributed by atoms with Crippen LogP contribution in [0.25, 0.3) is 21.3 Å². The van der Waals surface area contributed by atoms with Crippen LogP contribution in [0.2, 0.25) is 0 Å². The highest BCUT2D eigenvalue weighted by Crippen LogP contribution is 2.38. The molecule has 2 atom stereocenters. The van der Waals surface area contributed by atoms with E-state index in [0.717, 1.165) is 52.2 Å². The van der Waals surface area contributed by atoms with Crippen molar-refractivity contribution in [2.24, 2.45) is 5.92 Å². The van der Waals surface area contributed by atoms with E-state index in [2.05, 4.69) is 26.0 Å². The molecule has 2 N–H and O–H groups in total. The van der Waals surface area contributed by atoms with Gasteiger partial charge in [0.25, 0.3) is 0 Å². The average Bonchev–Trinajstić information content (AvgIpc) is 3.35. The van der Waals surface area contributed by atoms with Gasteiger partial charge in [-0.15, -0.1) is 11.3 Å². The first-order valence-corrected chi connectivity index (χ1v) is 9.94. The summed E-state index contributed by atoms with van der Waals surface area (Å²) in [6.45, 7) is 0. The van der Waals surface area contributed by atoms with Crippen LogP contribution in [0.15, 0.2) is 36.0 Å². The number of nitrogens with one attached hydrogen (secondary N) is 2. The number of amides is 1. The van der Waals surface area contributed by atoms with E-state index < -0.39 is 0 Å². The lowest BCUT2D eigenvalue weighted by Gasteiger charge is -2.20. The number of rotatable bonds is 5. The van der Waals surface area contributed by atoms with Gasteiger partial charge in [0.15, 0.2) is 0 Å². The highest BCUT2D eigenvalue weighted by Gasteiger charge is 2.33. The summed E-state index contributed by atoms with van der Waals surface area (Å²) in [7, 11) is 3.36. The molecular weight excluding hydrogens is 360 g/mol. The minimum atomic E-state index is -0.0249. The molecule has 0 spiro atoms. The summed E-state index contributed by atoms with van der Waals surface area (Å²) in [5.74, 6) is 1.69. The molecular formula is C20H22N4O2S. The zero-order valence-electron chi connectivity index (χ0n) is 15.4.